The smallest absolute Gasteiger partial charge is 0.416 e. The number of rotatable bonds is 6. The summed E-state index contributed by atoms with van der Waals surface area (Å²) in [6, 6.07) is 8.64. The molecule has 1 saturated heterocycles. The number of amides is 3. The van der Waals surface area contributed by atoms with Gasteiger partial charge in [0.2, 0.25) is 0 Å². The van der Waals surface area contributed by atoms with Crippen LogP contribution >= 0.6 is 0 Å². The Labute approximate surface area is 258 Å². The van der Waals surface area contributed by atoms with Crippen molar-refractivity contribution in [2.24, 2.45) is 0 Å². The number of anilines is 1. The first-order chi connectivity index (χ1) is 21.0. The zero-order valence-corrected chi connectivity index (χ0v) is 25.2. The number of hydrogen-bond acceptors (Lipinski definition) is 6. The Kier molecular flexibility index (Phi) is 9.27. The number of carbonyl (C=O) groups excluding carboxylic acids is 3. The molecule has 2 aliphatic rings. The van der Waals surface area contributed by atoms with E-state index in [1.54, 1.807) is 20.8 Å². The molecule has 0 aliphatic carbocycles. The van der Waals surface area contributed by atoms with Gasteiger partial charge in [-0.15, -0.1) is 0 Å². The number of benzene rings is 2. The molecular weight excluding hydrogens is 593 g/mol. The van der Waals surface area contributed by atoms with E-state index in [1.807, 2.05) is 6.07 Å². The number of carbonyl (C=O) groups is 4. The SMILES string of the molecule is CC1=C(C(=O)C2CCCCN2C(=O)O)C(c2ccc(C#N)cc2)N(CC(=O)OC(C)(C)C)C(=O)N1c1cccc(C(F)(F)F)c1. The second kappa shape index (κ2) is 12.6. The van der Waals surface area contributed by atoms with Gasteiger partial charge in [0.15, 0.2) is 5.78 Å². The Morgan fingerprint density at radius 1 is 1.07 bits per heavy atom. The van der Waals surface area contributed by atoms with E-state index < -0.39 is 59.8 Å². The number of likely N-dealkylation sites (tertiary alicyclic amines) is 1. The van der Waals surface area contributed by atoms with Gasteiger partial charge in [0, 0.05) is 17.8 Å². The van der Waals surface area contributed by atoms with E-state index in [0.29, 0.717) is 18.4 Å². The normalized spacial score (nSPS) is 19.3. The highest BCUT2D eigenvalue weighted by Crippen LogP contribution is 2.42. The maximum atomic E-state index is 14.5. The molecule has 0 saturated carbocycles. The molecule has 238 valence electrons. The van der Waals surface area contributed by atoms with E-state index in [0.717, 1.165) is 32.9 Å². The van der Waals surface area contributed by atoms with Crippen molar-refractivity contribution in [3.05, 3.63) is 76.5 Å². The number of allylic oxidation sites excluding steroid dienone is 1. The molecule has 2 aromatic rings. The average molecular weight is 627 g/mol. The molecular formula is C32H33F3N4O6. The van der Waals surface area contributed by atoms with E-state index >= 15 is 0 Å². The summed E-state index contributed by atoms with van der Waals surface area (Å²) in [7, 11) is 0. The third-order valence-electron chi connectivity index (χ3n) is 7.57. The van der Waals surface area contributed by atoms with E-state index in [-0.39, 0.29) is 35.5 Å². The molecule has 10 nitrogen and oxygen atoms in total. The number of nitriles is 1. The summed E-state index contributed by atoms with van der Waals surface area (Å²) in [6.45, 7) is 5.68. The lowest BCUT2D eigenvalue weighted by molar-refractivity contribution is -0.156. The maximum Gasteiger partial charge on any atom is 0.416 e. The number of esters is 1. The third kappa shape index (κ3) is 7.11. The Morgan fingerprint density at radius 3 is 2.31 bits per heavy atom. The van der Waals surface area contributed by atoms with Crippen molar-refractivity contribution in [1.82, 2.24) is 9.80 Å². The number of nitrogens with zero attached hydrogens (tertiary/aromatic N) is 4. The Morgan fingerprint density at radius 2 is 1.73 bits per heavy atom. The predicted molar refractivity (Wildman–Crippen MR) is 156 cm³/mol. The molecule has 3 amide bonds. The quantitative estimate of drug-likeness (QED) is 0.374. The Hall–Kier alpha value is -4.86. The number of Topliss-reactive ketones (excluding diaryl/α,β-unsaturated/α-hetero) is 1. The monoisotopic (exact) mass is 626 g/mol. The first kappa shape index (κ1) is 33.0. The van der Waals surface area contributed by atoms with Gasteiger partial charge in [-0.05, 0) is 82.9 Å². The standard InChI is InChI=1S/C32H33F3N4O6/c1-19-26(28(41)24-10-5-6-15-37(24)30(43)44)27(21-13-11-20(17-36)12-14-21)38(18-25(40)45-31(2,3)4)29(42)39(19)23-9-7-8-22(16-23)32(33,34)35/h7-9,11-14,16,24,27H,5-6,10,15,18H2,1-4H3,(H,43,44). The van der Waals surface area contributed by atoms with Crippen LogP contribution in [0.25, 0.3) is 0 Å². The van der Waals surface area contributed by atoms with Crippen LogP contribution in [0.15, 0.2) is 59.8 Å². The van der Waals surface area contributed by atoms with Crippen LogP contribution in [0.1, 0.15) is 69.7 Å². The topological polar surface area (TPSA) is 131 Å². The minimum absolute atomic E-state index is 0.0185. The number of hydrogen-bond donors (Lipinski definition) is 1. The summed E-state index contributed by atoms with van der Waals surface area (Å²) in [5.74, 6) is -1.49. The van der Waals surface area contributed by atoms with Crippen LogP contribution < -0.4 is 4.90 Å². The lowest BCUT2D eigenvalue weighted by Crippen LogP contribution is -2.55. The zero-order valence-electron chi connectivity index (χ0n) is 25.2. The summed E-state index contributed by atoms with van der Waals surface area (Å²) in [4.78, 5) is 57.1. The maximum absolute atomic E-state index is 14.5. The number of ketones is 1. The van der Waals surface area contributed by atoms with Crippen molar-refractivity contribution >= 4 is 29.6 Å². The number of halogens is 3. The van der Waals surface area contributed by atoms with Gasteiger partial charge in [0.05, 0.1) is 35.0 Å². The van der Waals surface area contributed by atoms with Gasteiger partial charge in [-0.25, -0.2) is 9.59 Å². The molecule has 0 spiro atoms. The lowest BCUT2D eigenvalue weighted by Gasteiger charge is -2.44. The van der Waals surface area contributed by atoms with Gasteiger partial charge in [0.1, 0.15) is 12.1 Å². The van der Waals surface area contributed by atoms with Gasteiger partial charge in [0.25, 0.3) is 0 Å². The van der Waals surface area contributed by atoms with Gasteiger partial charge in [-0.3, -0.25) is 19.4 Å². The summed E-state index contributed by atoms with van der Waals surface area (Å²) < 4.78 is 46.6. The second-order valence-corrected chi connectivity index (χ2v) is 11.9. The highest BCUT2D eigenvalue weighted by molar-refractivity contribution is 6.08. The molecule has 2 unspecified atom stereocenters. The average Bonchev–Trinajstić information content (AvgIpc) is 2.97. The first-order valence-corrected chi connectivity index (χ1v) is 14.3. The summed E-state index contributed by atoms with van der Waals surface area (Å²) in [6.07, 6.45) is -4.78. The van der Waals surface area contributed by atoms with Gasteiger partial charge < -0.3 is 14.7 Å². The Balaban J connectivity index is 1.98. The minimum Gasteiger partial charge on any atom is -0.465 e. The number of urea groups is 1. The first-order valence-electron chi connectivity index (χ1n) is 14.3. The van der Waals surface area contributed by atoms with Crippen LogP contribution in [0.2, 0.25) is 0 Å². The molecule has 4 rings (SSSR count). The van der Waals surface area contributed by atoms with E-state index in [9.17, 15) is 42.7 Å². The van der Waals surface area contributed by atoms with Crippen LogP contribution in [0.5, 0.6) is 0 Å². The lowest BCUT2D eigenvalue weighted by atomic mass is 9.84. The number of carboxylic acid groups (broad SMARTS) is 1. The van der Waals surface area contributed by atoms with Gasteiger partial charge >= 0.3 is 24.3 Å². The second-order valence-electron chi connectivity index (χ2n) is 11.9. The molecule has 1 N–H and O–H groups in total. The van der Waals surface area contributed by atoms with Crippen molar-refractivity contribution < 1.29 is 42.2 Å². The fourth-order valence-corrected chi connectivity index (χ4v) is 5.67. The van der Waals surface area contributed by atoms with Crippen molar-refractivity contribution in [3.63, 3.8) is 0 Å². The molecule has 2 atom stereocenters. The molecule has 45 heavy (non-hydrogen) atoms. The molecule has 0 radical (unpaired) electrons. The van der Waals surface area contributed by atoms with Crippen molar-refractivity contribution in [2.45, 2.75) is 70.8 Å². The van der Waals surface area contributed by atoms with E-state index in [2.05, 4.69) is 0 Å². The minimum atomic E-state index is -4.74. The van der Waals surface area contributed by atoms with Crippen LogP contribution in [-0.4, -0.2) is 63.5 Å². The molecule has 0 bridgehead atoms. The fourth-order valence-electron chi connectivity index (χ4n) is 5.67. The Bertz CT molecular complexity index is 1570. The highest BCUT2D eigenvalue weighted by Gasteiger charge is 2.47. The van der Waals surface area contributed by atoms with Crippen LogP contribution in [-0.2, 0) is 20.5 Å². The van der Waals surface area contributed by atoms with Crippen molar-refractivity contribution in [2.75, 3.05) is 18.0 Å². The number of piperidine rings is 1. The highest BCUT2D eigenvalue weighted by atomic mass is 19.4. The van der Waals surface area contributed by atoms with Crippen molar-refractivity contribution in [1.29, 1.82) is 5.26 Å². The molecule has 2 heterocycles. The number of ether oxygens (including phenoxy) is 1. The van der Waals surface area contributed by atoms with Crippen LogP contribution in [0, 0.1) is 11.3 Å². The third-order valence-corrected chi connectivity index (χ3v) is 7.57. The zero-order chi connectivity index (χ0) is 33.3. The molecule has 2 aromatic carbocycles. The molecule has 2 aliphatic heterocycles. The largest absolute Gasteiger partial charge is 0.465 e. The molecule has 1 fully saturated rings. The predicted octanol–water partition coefficient (Wildman–Crippen LogP) is 6.28. The van der Waals surface area contributed by atoms with Crippen LogP contribution in [0.3, 0.4) is 0 Å². The molecule has 13 heteroatoms. The van der Waals surface area contributed by atoms with Crippen LogP contribution in [0.4, 0.5) is 28.4 Å². The summed E-state index contributed by atoms with van der Waals surface area (Å²) in [5.41, 5.74) is -1.67. The summed E-state index contributed by atoms with van der Waals surface area (Å²) in [5, 5.41) is 19.3. The fraction of sp³-hybridized carbons (Fsp3) is 0.406. The summed E-state index contributed by atoms with van der Waals surface area (Å²) >= 11 is 0. The van der Waals surface area contributed by atoms with Gasteiger partial charge in [-0.2, -0.15) is 18.4 Å². The number of alkyl halides is 3. The van der Waals surface area contributed by atoms with E-state index in [1.165, 1.54) is 37.3 Å². The molecule has 0 aromatic heterocycles. The van der Waals surface area contributed by atoms with E-state index in [4.69, 9.17) is 4.74 Å². The van der Waals surface area contributed by atoms with Crippen molar-refractivity contribution in [3.8, 4) is 6.07 Å². The van der Waals surface area contributed by atoms with Gasteiger partial charge in [-0.1, -0.05) is 18.2 Å².